The molecule has 24 nitrogen and oxygen atoms in total. The Hall–Kier alpha value is -6.41. The van der Waals surface area contributed by atoms with E-state index in [1.807, 2.05) is 5.43 Å². The van der Waals surface area contributed by atoms with Crippen LogP contribution in [0.2, 0.25) is 5.02 Å². The Morgan fingerprint density at radius 1 is 1.04 bits per heavy atom. The van der Waals surface area contributed by atoms with Gasteiger partial charge in [-0.3, -0.25) is 49.9 Å². The Balaban J connectivity index is 1.22. The maximum atomic E-state index is 13.4. The smallest absolute Gasteiger partial charge is 0.350 e. The molecule has 3 aliphatic rings. The number of urea groups is 1. The van der Waals surface area contributed by atoms with Crippen molar-refractivity contribution in [2.45, 2.75) is 35.7 Å². The van der Waals surface area contributed by atoms with Crippen LogP contribution < -0.4 is 27.3 Å². The number of carboxylic acids is 2. The van der Waals surface area contributed by atoms with Gasteiger partial charge in [-0.15, -0.1) is 11.3 Å². The van der Waals surface area contributed by atoms with Crippen LogP contribution in [0.3, 0.4) is 0 Å². The number of rotatable bonds is 11. The number of phenolic OH excluding ortho intramolecular Hbond substituents is 2. The van der Waals surface area contributed by atoms with E-state index in [0.29, 0.717) is 16.8 Å². The van der Waals surface area contributed by atoms with E-state index in [4.69, 9.17) is 22.2 Å². The normalized spacial score (nSPS) is 20.6. The van der Waals surface area contributed by atoms with Crippen molar-refractivity contribution in [2.75, 3.05) is 25.4 Å². The van der Waals surface area contributed by atoms with E-state index in [1.165, 1.54) is 5.38 Å². The summed E-state index contributed by atoms with van der Waals surface area (Å²) in [4.78, 5) is 122. The highest BCUT2D eigenvalue weighted by atomic mass is 35.5. The lowest BCUT2D eigenvalue weighted by Gasteiger charge is -2.41. The lowest BCUT2D eigenvalue weighted by Crippen LogP contribution is -2.68. The van der Waals surface area contributed by atoms with Gasteiger partial charge in [0.1, 0.15) is 17.1 Å². The summed E-state index contributed by atoms with van der Waals surface area (Å²) in [7, 11) is 0. The van der Waals surface area contributed by atoms with Crippen molar-refractivity contribution in [3.63, 3.8) is 0 Å². The number of oxime groups is 1. The van der Waals surface area contributed by atoms with E-state index >= 15 is 0 Å². The molecule has 3 saturated heterocycles. The van der Waals surface area contributed by atoms with Gasteiger partial charge in [0, 0.05) is 11.9 Å². The van der Waals surface area contributed by atoms with Crippen molar-refractivity contribution in [2.24, 2.45) is 5.16 Å². The summed E-state index contributed by atoms with van der Waals surface area (Å²) in [5.74, 6) is -12.3. The summed E-state index contributed by atoms with van der Waals surface area (Å²) >= 11 is 7.31. The Morgan fingerprint density at radius 2 is 1.71 bits per heavy atom. The number of carbonyl (C=O) groups is 9. The first kappa shape index (κ1) is 39.8. The fraction of sp³-hybridized carbons (Fsp3) is 0.321. The average molecular weight is 827 g/mol. The van der Waals surface area contributed by atoms with Gasteiger partial charge in [-0.1, -0.05) is 28.5 Å². The molecule has 0 bridgehead atoms. The number of carboxylic acid groups (broad SMARTS) is 2. The van der Waals surface area contributed by atoms with Crippen LogP contribution in [-0.4, -0.2) is 141 Å². The zero-order chi connectivity index (χ0) is 40.7. The number of thioether (sulfide) groups is 1. The van der Waals surface area contributed by atoms with E-state index in [0.717, 1.165) is 47.1 Å². The van der Waals surface area contributed by atoms with Crippen LogP contribution in [0, 0.1) is 0 Å². The van der Waals surface area contributed by atoms with E-state index in [9.17, 15) is 63.6 Å². The van der Waals surface area contributed by atoms with Crippen LogP contribution >= 0.6 is 34.7 Å². The number of aromatic nitrogens is 1. The zero-order valence-corrected chi connectivity index (χ0v) is 30.3. The summed E-state index contributed by atoms with van der Waals surface area (Å²) in [6, 6.07) is -0.685. The van der Waals surface area contributed by atoms with Gasteiger partial charge < -0.3 is 41.2 Å². The number of nitrogens with one attached hydrogen (secondary N) is 4. The number of phenols is 2. The second-order valence-electron chi connectivity index (χ2n) is 12.0. The molecule has 3 aliphatic heterocycles. The minimum absolute atomic E-state index is 0.0242. The number of thiazole rings is 1. The van der Waals surface area contributed by atoms with Crippen LogP contribution in [0.4, 0.5) is 9.93 Å². The maximum Gasteiger partial charge on any atom is 0.350 e. The van der Waals surface area contributed by atoms with Crippen molar-refractivity contribution >= 4 is 98.8 Å². The number of nitrogens with zero attached hydrogens (tertiary/aromatic N) is 5. The van der Waals surface area contributed by atoms with Crippen molar-refractivity contribution in [3.8, 4) is 11.5 Å². The lowest BCUT2D eigenvalue weighted by atomic mass is 10.1. The van der Waals surface area contributed by atoms with Crippen molar-refractivity contribution in [3.05, 3.63) is 33.8 Å². The van der Waals surface area contributed by atoms with Crippen molar-refractivity contribution < 1.29 is 68.4 Å². The molecule has 3 atom stereocenters. The number of β-lactam (4-membered cyclic amide) rings is 1. The predicted octanol–water partition coefficient (Wildman–Crippen LogP) is -2.65. The van der Waals surface area contributed by atoms with E-state index in [1.54, 1.807) is 10.9 Å². The van der Waals surface area contributed by atoms with Gasteiger partial charge in [0.15, 0.2) is 22.3 Å². The van der Waals surface area contributed by atoms with Crippen molar-refractivity contribution in [1.29, 1.82) is 0 Å². The molecule has 55 heavy (non-hydrogen) atoms. The molecular formula is C28H27ClN10O14S2. The van der Waals surface area contributed by atoms with Crippen molar-refractivity contribution in [1.82, 2.24) is 41.4 Å². The van der Waals surface area contributed by atoms with Gasteiger partial charge in [0.25, 0.3) is 11.7 Å². The van der Waals surface area contributed by atoms with Crippen LogP contribution in [-0.2, 0) is 38.4 Å². The first-order valence-corrected chi connectivity index (χ1v) is 17.3. The molecule has 292 valence electrons. The molecule has 27 heteroatoms. The summed E-state index contributed by atoms with van der Waals surface area (Å²) in [6.07, 6.45) is 0. The van der Waals surface area contributed by atoms with Crippen LogP contribution in [0.1, 0.15) is 29.9 Å². The Labute approximate surface area is 319 Å². The molecule has 0 spiro atoms. The quantitative estimate of drug-likeness (QED) is 0.0279. The first-order chi connectivity index (χ1) is 25.7. The maximum absolute atomic E-state index is 13.4. The molecule has 0 aliphatic carbocycles. The standard InChI is InChI=1S/C28H27ClN10O14S2/c1-27(2,23(48)49)53-36-13(10-7-54-25(30)31-10)17(43)32-14-21(47)37-8-28(24(50)51,55-22(14)37)38-5-6-39(26(38)52)35-20(46)19(45)34-33-18(44)15(41)9-3-4-11(40)16(42)12(9)29/h3-4,7,14,22,40,42H,5-6,8H2,1-2H3,(H2,30,31)(H,32,43)(H,33,44)(H,34,45)(H,35,46)(H,48,49)(H,50,51)/b36-13-/t14-,22-,28-/m1/s1. The third-order valence-corrected chi connectivity index (χ3v) is 10.8. The number of anilines is 1. The number of aromatic hydroxyl groups is 2. The largest absolute Gasteiger partial charge is 0.504 e. The monoisotopic (exact) mass is 826 g/mol. The Kier molecular flexibility index (Phi) is 10.7. The first-order valence-electron chi connectivity index (χ1n) is 15.2. The molecule has 0 radical (unpaired) electrons. The number of nitrogen functional groups attached to an aromatic ring is 1. The molecule has 10 N–H and O–H groups in total. The highest BCUT2D eigenvalue weighted by Crippen LogP contribution is 2.49. The third-order valence-electron chi connectivity index (χ3n) is 8.05. The van der Waals surface area contributed by atoms with E-state index < -0.39 is 110 Å². The number of hydrogen-bond donors (Lipinski definition) is 9. The molecule has 0 saturated carbocycles. The number of hydrogen-bond acceptors (Lipinski definition) is 17. The predicted molar refractivity (Wildman–Crippen MR) is 184 cm³/mol. The number of halogens is 1. The summed E-state index contributed by atoms with van der Waals surface area (Å²) < 4.78 is 0. The zero-order valence-electron chi connectivity index (χ0n) is 27.9. The number of Topliss-reactive ketones (excluding diaryl/α,β-unsaturated/α-hetero) is 1. The summed E-state index contributed by atoms with van der Waals surface area (Å²) in [6.45, 7) is 1.07. The molecule has 3 fully saturated rings. The SMILES string of the molecule is CC(C)(O/N=C(\C(=O)N[C@@H]1C(=O)N2C[C@@](C(=O)O)(N3CCN(NC(=O)C(=O)NNC(=O)C(=O)c4ccc(O)c(O)c4Cl)C3=O)S[C@H]12)c1csc(N)n1)C(=O)O. The molecule has 0 unspecified atom stereocenters. The molecule has 4 heterocycles. The number of fused-ring (bicyclic) bond motifs is 1. The fourth-order valence-corrected chi connectivity index (χ4v) is 7.47. The number of benzene rings is 1. The second kappa shape index (κ2) is 14.8. The fourth-order valence-electron chi connectivity index (χ4n) is 5.04. The van der Waals surface area contributed by atoms with Crippen LogP contribution in [0.15, 0.2) is 22.7 Å². The molecule has 2 aromatic rings. The minimum atomic E-state index is -2.15. The molecule has 7 amide bonds. The van der Waals surface area contributed by atoms with Gasteiger partial charge in [-0.2, -0.15) is 0 Å². The number of amides is 7. The third kappa shape index (κ3) is 7.40. The van der Waals surface area contributed by atoms with E-state index in [-0.39, 0.29) is 23.9 Å². The minimum Gasteiger partial charge on any atom is -0.504 e. The van der Waals surface area contributed by atoms with Gasteiger partial charge >= 0.3 is 35.7 Å². The molecular weight excluding hydrogens is 800 g/mol. The lowest BCUT2D eigenvalue weighted by molar-refractivity contribution is -0.161. The number of nitrogens with two attached hydrogens (primary N) is 1. The highest BCUT2D eigenvalue weighted by molar-refractivity contribution is 8.02. The summed E-state index contributed by atoms with van der Waals surface area (Å²) in [5.41, 5.74) is 7.80. The number of hydrazine groups is 2. The Morgan fingerprint density at radius 3 is 2.33 bits per heavy atom. The van der Waals surface area contributed by atoms with Gasteiger partial charge in [-0.25, -0.2) is 24.4 Å². The average Bonchev–Trinajstić information content (AvgIpc) is 3.83. The highest BCUT2D eigenvalue weighted by Gasteiger charge is 2.66. The second-order valence-corrected chi connectivity index (χ2v) is 14.7. The summed E-state index contributed by atoms with van der Waals surface area (Å²) in [5, 5.41) is 45.1. The van der Waals surface area contributed by atoms with E-state index in [2.05, 4.69) is 15.5 Å². The van der Waals surface area contributed by atoms with Gasteiger partial charge in [0.2, 0.25) is 16.4 Å². The van der Waals surface area contributed by atoms with Gasteiger partial charge in [-0.05, 0) is 26.0 Å². The van der Waals surface area contributed by atoms with Crippen LogP contribution in [0.25, 0.3) is 0 Å². The topological polar surface area (TPSA) is 353 Å². The molecule has 1 aromatic carbocycles. The number of carbonyl (C=O) groups excluding carboxylic acids is 7. The number of ketones is 1. The number of aliphatic carboxylic acids is 2. The molecule has 1 aromatic heterocycles. The Bertz CT molecular complexity index is 2100. The van der Waals surface area contributed by atoms with Crippen LogP contribution in [0.5, 0.6) is 11.5 Å². The van der Waals surface area contributed by atoms with Gasteiger partial charge in [0.05, 0.1) is 23.7 Å². The molecule has 5 rings (SSSR count).